The average Bonchev–Trinajstić information content (AvgIpc) is 2.30. The Hall–Kier alpha value is -1.21. The van der Waals surface area contributed by atoms with Crippen LogP contribution >= 0.6 is 15.9 Å². The van der Waals surface area contributed by atoms with Crippen LogP contribution in [0.15, 0.2) is 10.5 Å². The molecule has 0 radical (unpaired) electrons. The summed E-state index contributed by atoms with van der Waals surface area (Å²) in [6, 6.07) is 4.03. The Kier molecular flexibility index (Phi) is 4.83. The topological polar surface area (TPSA) is 42.2 Å². The van der Waals surface area contributed by atoms with Gasteiger partial charge in [-0.1, -0.05) is 29.8 Å². The van der Waals surface area contributed by atoms with Crippen LogP contribution in [-0.4, -0.2) is 14.2 Å². The quantitative estimate of drug-likeness (QED) is 0.852. The highest BCUT2D eigenvalue weighted by Gasteiger charge is 2.20. The summed E-state index contributed by atoms with van der Waals surface area (Å²) < 4.78 is 11.6. The fraction of sp³-hybridized carbons (Fsp3) is 0.462. The Morgan fingerprint density at radius 1 is 1.35 bits per heavy atom. The molecule has 3 nitrogen and oxygen atoms in total. The Morgan fingerprint density at radius 3 is 2.41 bits per heavy atom. The summed E-state index contributed by atoms with van der Waals surface area (Å²) in [7, 11) is 3.23. The van der Waals surface area contributed by atoms with Crippen LogP contribution in [0, 0.1) is 11.3 Å². The molecular weight excluding hydrogens is 282 g/mol. The van der Waals surface area contributed by atoms with Gasteiger partial charge in [0.05, 0.1) is 26.7 Å². The van der Waals surface area contributed by atoms with Gasteiger partial charge in [0.15, 0.2) is 11.5 Å². The minimum Gasteiger partial charge on any atom is -0.493 e. The first-order valence-electron chi connectivity index (χ1n) is 5.37. The molecule has 0 unspecified atom stereocenters. The number of methoxy groups -OCH3 is 2. The average molecular weight is 298 g/mol. The smallest absolute Gasteiger partial charge is 0.164 e. The fourth-order valence-corrected chi connectivity index (χ4v) is 2.46. The second-order valence-corrected chi connectivity index (χ2v) is 4.83. The first-order valence-corrected chi connectivity index (χ1v) is 6.16. The van der Waals surface area contributed by atoms with E-state index in [1.54, 1.807) is 14.2 Å². The van der Waals surface area contributed by atoms with Gasteiger partial charge in [0.2, 0.25) is 0 Å². The summed E-state index contributed by atoms with van der Waals surface area (Å²) >= 11 is 3.48. The number of hydrogen-bond donors (Lipinski definition) is 0. The van der Waals surface area contributed by atoms with E-state index in [0.29, 0.717) is 12.2 Å². The third-order valence-corrected chi connectivity index (χ3v) is 3.30. The lowest BCUT2D eigenvalue weighted by Gasteiger charge is -2.19. The van der Waals surface area contributed by atoms with E-state index in [9.17, 15) is 0 Å². The van der Waals surface area contributed by atoms with Crippen LogP contribution < -0.4 is 9.47 Å². The largest absolute Gasteiger partial charge is 0.493 e. The third kappa shape index (κ3) is 2.73. The molecule has 0 N–H and O–H groups in total. The number of halogens is 1. The maximum absolute atomic E-state index is 8.90. The van der Waals surface area contributed by atoms with Crippen molar-refractivity contribution in [3.05, 3.63) is 21.7 Å². The van der Waals surface area contributed by atoms with Crippen molar-refractivity contribution in [2.24, 2.45) is 0 Å². The Labute approximate surface area is 110 Å². The molecule has 17 heavy (non-hydrogen) atoms. The second-order valence-electron chi connectivity index (χ2n) is 3.98. The highest BCUT2D eigenvalue weighted by atomic mass is 79.9. The Balaban J connectivity index is 3.55. The highest BCUT2D eigenvalue weighted by molar-refractivity contribution is 9.10. The van der Waals surface area contributed by atoms with Crippen molar-refractivity contribution in [2.45, 2.75) is 26.2 Å². The molecule has 0 aromatic heterocycles. The fourth-order valence-electron chi connectivity index (χ4n) is 1.90. The van der Waals surface area contributed by atoms with Gasteiger partial charge >= 0.3 is 0 Å². The van der Waals surface area contributed by atoms with E-state index < -0.39 is 0 Å². The van der Waals surface area contributed by atoms with Crippen LogP contribution in [0.3, 0.4) is 0 Å². The molecule has 0 atom stereocenters. The first kappa shape index (κ1) is 13.9. The maximum atomic E-state index is 8.90. The molecule has 1 aromatic rings. The molecule has 0 bridgehead atoms. The molecule has 1 rings (SSSR count). The van der Waals surface area contributed by atoms with Crippen molar-refractivity contribution in [2.75, 3.05) is 14.2 Å². The molecule has 0 saturated heterocycles. The van der Waals surface area contributed by atoms with Crippen molar-refractivity contribution in [3.63, 3.8) is 0 Å². The molecular formula is C13H16BrNO2. The van der Waals surface area contributed by atoms with E-state index in [4.69, 9.17) is 14.7 Å². The van der Waals surface area contributed by atoms with Crippen LogP contribution in [0.2, 0.25) is 0 Å². The lowest BCUT2D eigenvalue weighted by molar-refractivity contribution is 0.349. The SMILES string of the molecule is COc1cc(Br)c(CC#N)c(C(C)C)c1OC. The lowest BCUT2D eigenvalue weighted by atomic mass is 9.94. The van der Waals surface area contributed by atoms with Crippen molar-refractivity contribution in [1.29, 1.82) is 5.26 Å². The zero-order valence-corrected chi connectivity index (χ0v) is 12.1. The second kappa shape index (κ2) is 5.92. The van der Waals surface area contributed by atoms with Crippen molar-refractivity contribution >= 4 is 15.9 Å². The standard InChI is InChI=1S/C13H16BrNO2/c1-8(2)12-9(5-6-15)10(14)7-11(16-3)13(12)17-4/h7-8H,5H2,1-4H3. The first-order chi connectivity index (χ1) is 8.06. The minimum absolute atomic E-state index is 0.264. The van der Waals surface area contributed by atoms with Gasteiger partial charge in [-0.25, -0.2) is 0 Å². The molecule has 92 valence electrons. The van der Waals surface area contributed by atoms with E-state index in [1.807, 2.05) is 6.07 Å². The van der Waals surface area contributed by atoms with Crippen molar-refractivity contribution < 1.29 is 9.47 Å². The molecule has 0 amide bonds. The van der Waals surface area contributed by atoms with Crippen LogP contribution in [0.25, 0.3) is 0 Å². The number of ether oxygens (including phenoxy) is 2. The van der Waals surface area contributed by atoms with E-state index in [0.717, 1.165) is 21.3 Å². The maximum Gasteiger partial charge on any atom is 0.164 e. The molecule has 0 aliphatic rings. The summed E-state index contributed by atoms with van der Waals surface area (Å²) in [6.45, 7) is 4.15. The molecule has 0 fully saturated rings. The van der Waals surface area contributed by atoms with Gasteiger partial charge in [0.25, 0.3) is 0 Å². The van der Waals surface area contributed by atoms with Gasteiger partial charge in [-0.2, -0.15) is 5.26 Å². The predicted molar refractivity (Wildman–Crippen MR) is 70.7 cm³/mol. The predicted octanol–water partition coefficient (Wildman–Crippen LogP) is 3.66. The zero-order valence-electron chi connectivity index (χ0n) is 10.5. The van der Waals surface area contributed by atoms with Crippen molar-refractivity contribution in [1.82, 2.24) is 0 Å². The van der Waals surface area contributed by atoms with Crippen LogP contribution in [0.5, 0.6) is 11.5 Å². The molecule has 1 aromatic carbocycles. The van der Waals surface area contributed by atoms with Gasteiger partial charge in [-0.15, -0.1) is 0 Å². The third-order valence-electron chi connectivity index (χ3n) is 2.60. The molecule has 0 heterocycles. The summed E-state index contributed by atoms with van der Waals surface area (Å²) in [6.07, 6.45) is 0.356. The van der Waals surface area contributed by atoms with Crippen LogP contribution in [-0.2, 0) is 6.42 Å². The van der Waals surface area contributed by atoms with E-state index >= 15 is 0 Å². The summed E-state index contributed by atoms with van der Waals surface area (Å²) in [5.74, 6) is 1.67. The molecule has 0 spiro atoms. The minimum atomic E-state index is 0.264. The van der Waals surface area contributed by atoms with E-state index in [2.05, 4.69) is 35.8 Å². The van der Waals surface area contributed by atoms with Gasteiger partial charge in [0.1, 0.15) is 0 Å². The Bertz CT molecular complexity index is 450. The number of nitriles is 1. The summed E-state index contributed by atoms with van der Waals surface area (Å²) in [4.78, 5) is 0. The van der Waals surface area contributed by atoms with E-state index in [-0.39, 0.29) is 5.92 Å². The highest BCUT2D eigenvalue weighted by Crippen LogP contribution is 2.42. The molecule has 0 aliphatic carbocycles. The normalized spacial score (nSPS) is 10.2. The summed E-state index contributed by atoms with van der Waals surface area (Å²) in [5.41, 5.74) is 2.00. The van der Waals surface area contributed by atoms with Crippen LogP contribution in [0.4, 0.5) is 0 Å². The number of hydrogen-bond acceptors (Lipinski definition) is 3. The van der Waals surface area contributed by atoms with Crippen LogP contribution in [0.1, 0.15) is 30.9 Å². The molecule has 0 saturated carbocycles. The summed E-state index contributed by atoms with van der Waals surface area (Å²) in [5, 5.41) is 8.90. The van der Waals surface area contributed by atoms with Gasteiger partial charge in [-0.05, 0) is 17.5 Å². The van der Waals surface area contributed by atoms with Crippen molar-refractivity contribution in [3.8, 4) is 17.6 Å². The number of rotatable bonds is 4. The monoisotopic (exact) mass is 297 g/mol. The number of benzene rings is 1. The number of nitrogens with zero attached hydrogens (tertiary/aromatic N) is 1. The van der Waals surface area contributed by atoms with E-state index in [1.165, 1.54) is 0 Å². The molecule has 4 heteroatoms. The van der Waals surface area contributed by atoms with Gasteiger partial charge < -0.3 is 9.47 Å². The zero-order chi connectivity index (χ0) is 13.0. The van der Waals surface area contributed by atoms with Gasteiger partial charge in [-0.3, -0.25) is 0 Å². The lowest BCUT2D eigenvalue weighted by Crippen LogP contribution is -2.03. The Morgan fingerprint density at radius 2 is 2.00 bits per heavy atom. The van der Waals surface area contributed by atoms with Gasteiger partial charge in [0, 0.05) is 10.0 Å². The molecule has 0 aliphatic heterocycles.